The lowest BCUT2D eigenvalue weighted by Crippen LogP contribution is -2.36. The first kappa shape index (κ1) is 10.5. The van der Waals surface area contributed by atoms with Crippen molar-refractivity contribution in [2.45, 2.75) is 44.8 Å². The van der Waals surface area contributed by atoms with Gasteiger partial charge in [0.2, 0.25) is 0 Å². The van der Waals surface area contributed by atoms with E-state index < -0.39 is 0 Å². The Morgan fingerprint density at radius 3 is 2.80 bits per heavy atom. The molecule has 1 aromatic carbocycles. The summed E-state index contributed by atoms with van der Waals surface area (Å²) < 4.78 is 0. The van der Waals surface area contributed by atoms with Crippen LogP contribution >= 0.6 is 0 Å². The molecule has 1 aliphatic rings. The van der Waals surface area contributed by atoms with Crippen molar-refractivity contribution in [3.05, 3.63) is 29.8 Å². The van der Waals surface area contributed by atoms with Crippen LogP contribution in [0.2, 0.25) is 0 Å². The molecular weight excluding hydrogens is 186 g/mol. The fourth-order valence-electron chi connectivity index (χ4n) is 2.23. The van der Waals surface area contributed by atoms with E-state index in [1.165, 1.54) is 12.0 Å². The average Bonchev–Trinajstić information content (AvgIpc) is 2.22. The largest absolute Gasteiger partial charge is 0.391 e. The number of aryl methyl sites for hydroxylation is 1. The molecule has 1 aliphatic carbocycles. The number of nitrogens with one attached hydrogen (secondary N) is 1. The first-order valence-electron chi connectivity index (χ1n) is 5.77. The molecular formula is C13H19NO. The second kappa shape index (κ2) is 4.67. The van der Waals surface area contributed by atoms with Gasteiger partial charge in [-0.25, -0.2) is 0 Å². The van der Waals surface area contributed by atoms with Crippen molar-refractivity contribution < 1.29 is 5.11 Å². The highest BCUT2D eigenvalue weighted by atomic mass is 16.3. The maximum atomic E-state index is 9.84. The van der Waals surface area contributed by atoms with Crippen molar-refractivity contribution in [2.24, 2.45) is 0 Å². The van der Waals surface area contributed by atoms with Gasteiger partial charge in [0, 0.05) is 5.69 Å². The maximum Gasteiger partial charge on any atom is 0.0741 e. The third-order valence-electron chi connectivity index (χ3n) is 3.10. The molecule has 0 radical (unpaired) electrons. The molecule has 82 valence electrons. The van der Waals surface area contributed by atoms with Crippen LogP contribution in [0, 0.1) is 6.92 Å². The zero-order valence-electron chi connectivity index (χ0n) is 9.24. The van der Waals surface area contributed by atoms with Crippen LogP contribution in [0.1, 0.15) is 31.2 Å². The first-order valence-corrected chi connectivity index (χ1v) is 5.77. The highest BCUT2D eigenvalue weighted by molar-refractivity contribution is 5.46. The summed E-state index contributed by atoms with van der Waals surface area (Å²) in [6.45, 7) is 2.09. The standard InChI is InChI=1S/C13H19NO/c1-10-5-4-6-11(9-10)14-12-7-2-3-8-13(12)15/h4-6,9,12-15H,2-3,7-8H2,1H3. The van der Waals surface area contributed by atoms with Gasteiger partial charge < -0.3 is 10.4 Å². The molecule has 2 N–H and O–H groups in total. The molecule has 1 saturated carbocycles. The van der Waals surface area contributed by atoms with Crippen LogP contribution in [0.4, 0.5) is 5.69 Å². The summed E-state index contributed by atoms with van der Waals surface area (Å²) >= 11 is 0. The second-order valence-corrected chi connectivity index (χ2v) is 4.47. The molecule has 1 aromatic rings. The number of hydrogen-bond acceptors (Lipinski definition) is 2. The lowest BCUT2D eigenvalue weighted by Gasteiger charge is -2.29. The fourth-order valence-corrected chi connectivity index (χ4v) is 2.23. The molecule has 15 heavy (non-hydrogen) atoms. The summed E-state index contributed by atoms with van der Waals surface area (Å²) in [5.41, 5.74) is 2.38. The summed E-state index contributed by atoms with van der Waals surface area (Å²) in [6, 6.07) is 8.56. The van der Waals surface area contributed by atoms with Crippen molar-refractivity contribution in [2.75, 3.05) is 5.32 Å². The van der Waals surface area contributed by atoms with Crippen molar-refractivity contribution in [1.82, 2.24) is 0 Å². The third-order valence-corrected chi connectivity index (χ3v) is 3.10. The van der Waals surface area contributed by atoms with Crippen LogP contribution in [-0.4, -0.2) is 17.3 Å². The molecule has 0 heterocycles. The highest BCUT2D eigenvalue weighted by Gasteiger charge is 2.22. The molecule has 0 aliphatic heterocycles. The van der Waals surface area contributed by atoms with E-state index in [4.69, 9.17) is 0 Å². The van der Waals surface area contributed by atoms with E-state index in [0.29, 0.717) is 0 Å². The molecule has 0 aromatic heterocycles. The second-order valence-electron chi connectivity index (χ2n) is 4.47. The maximum absolute atomic E-state index is 9.84. The third kappa shape index (κ3) is 2.72. The number of aliphatic hydroxyl groups excluding tert-OH is 1. The summed E-state index contributed by atoms with van der Waals surface area (Å²) in [7, 11) is 0. The van der Waals surface area contributed by atoms with E-state index in [0.717, 1.165) is 24.9 Å². The Morgan fingerprint density at radius 2 is 2.07 bits per heavy atom. The lowest BCUT2D eigenvalue weighted by atomic mass is 9.92. The Bertz CT molecular complexity index is 324. The molecule has 0 bridgehead atoms. The Kier molecular flexibility index (Phi) is 3.27. The Labute approximate surface area is 91.3 Å². The van der Waals surface area contributed by atoms with Gasteiger partial charge in [-0.05, 0) is 37.5 Å². The summed E-state index contributed by atoms with van der Waals surface area (Å²) in [5.74, 6) is 0. The van der Waals surface area contributed by atoms with Crippen LogP contribution in [0.3, 0.4) is 0 Å². The molecule has 1 fully saturated rings. The van der Waals surface area contributed by atoms with Gasteiger partial charge in [-0.3, -0.25) is 0 Å². The molecule has 2 rings (SSSR count). The molecule has 0 amide bonds. The number of benzene rings is 1. The minimum Gasteiger partial charge on any atom is -0.391 e. The number of aliphatic hydroxyl groups is 1. The minimum absolute atomic E-state index is 0.181. The summed E-state index contributed by atoms with van der Waals surface area (Å²) in [6.07, 6.45) is 4.21. The zero-order valence-corrected chi connectivity index (χ0v) is 9.24. The monoisotopic (exact) mass is 205 g/mol. The van der Waals surface area contributed by atoms with Crippen LogP contribution < -0.4 is 5.32 Å². The zero-order chi connectivity index (χ0) is 10.7. The van der Waals surface area contributed by atoms with E-state index in [-0.39, 0.29) is 12.1 Å². The van der Waals surface area contributed by atoms with Gasteiger partial charge in [0.15, 0.2) is 0 Å². The normalized spacial score (nSPS) is 26.3. The van der Waals surface area contributed by atoms with Gasteiger partial charge in [0.25, 0.3) is 0 Å². The van der Waals surface area contributed by atoms with E-state index in [1.54, 1.807) is 0 Å². The quantitative estimate of drug-likeness (QED) is 0.778. The van der Waals surface area contributed by atoms with Gasteiger partial charge in [0.1, 0.15) is 0 Å². The van der Waals surface area contributed by atoms with Gasteiger partial charge in [0.05, 0.1) is 12.1 Å². The van der Waals surface area contributed by atoms with Gasteiger partial charge in [-0.15, -0.1) is 0 Å². The summed E-state index contributed by atoms with van der Waals surface area (Å²) in [5, 5.41) is 13.3. The predicted molar refractivity (Wildman–Crippen MR) is 63.1 cm³/mol. The predicted octanol–water partition coefficient (Wildman–Crippen LogP) is 2.71. The Hall–Kier alpha value is -1.02. The molecule has 2 unspecified atom stereocenters. The number of anilines is 1. The SMILES string of the molecule is Cc1cccc(NC2CCCCC2O)c1. The molecule has 0 saturated heterocycles. The minimum atomic E-state index is -0.181. The molecule has 2 atom stereocenters. The molecule has 0 spiro atoms. The number of rotatable bonds is 2. The topological polar surface area (TPSA) is 32.3 Å². The van der Waals surface area contributed by atoms with Crippen molar-refractivity contribution in [3.63, 3.8) is 0 Å². The van der Waals surface area contributed by atoms with Gasteiger partial charge >= 0.3 is 0 Å². The molecule has 2 nitrogen and oxygen atoms in total. The van der Waals surface area contributed by atoms with Crippen LogP contribution in [0.25, 0.3) is 0 Å². The van der Waals surface area contributed by atoms with Crippen molar-refractivity contribution in [1.29, 1.82) is 0 Å². The van der Waals surface area contributed by atoms with E-state index in [9.17, 15) is 5.11 Å². The van der Waals surface area contributed by atoms with Gasteiger partial charge in [-0.2, -0.15) is 0 Å². The van der Waals surface area contributed by atoms with Crippen molar-refractivity contribution >= 4 is 5.69 Å². The van der Waals surface area contributed by atoms with Crippen LogP contribution in [-0.2, 0) is 0 Å². The smallest absolute Gasteiger partial charge is 0.0741 e. The lowest BCUT2D eigenvalue weighted by molar-refractivity contribution is 0.116. The Balaban J connectivity index is 2.01. The van der Waals surface area contributed by atoms with E-state index in [2.05, 4.69) is 30.4 Å². The van der Waals surface area contributed by atoms with Crippen LogP contribution in [0.5, 0.6) is 0 Å². The van der Waals surface area contributed by atoms with Gasteiger partial charge in [-0.1, -0.05) is 25.0 Å². The fraction of sp³-hybridized carbons (Fsp3) is 0.538. The first-order chi connectivity index (χ1) is 7.25. The Morgan fingerprint density at radius 1 is 1.27 bits per heavy atom. The van der Waals surface area contributed by atoms with E-state index in [1.807, 2.05) is 6.07 Å². The summed E-state index contributed by atoms with van der Waals surface area (Å²) in [4.78, 5) is 0. The molecule has 2 heteroatoms. The average molecular weight is 205 g/mol. The van der Waals surface area contributed by atoms with Crippen LogP contribution in [0.15, 0.2) is 24.3 Å². The van der Waals surface area contributed by atoms with Crippen molar-refractivity contribution in [3.8, 4) is 0 Å². The highest BCUT2D eigenvalue weighted by Crippen LogP contribution is 2.22. The van der Waals surface area contributed by atoms with E-state index >= 15 is 0 Å². The number of hydrogen-bond donors (Lipinski definition) is 2.